The van der Waals surface area contributed by atoms with E-state index in [1.54, 1.807) is 93.6 Å². The molecule has 2 saturated carbocycles. The van der Waals surface area contributed by atoms with Crippen molar-refractivity contribution in [2.75, 3.05) is 6.61 Å². The van der Waals surface area contributed by atoms with Gasteiger partial charge in [0, 0.05) is 37.2 Å². The molecule has 0 radical (unpaired) electrons. The molecule has 3 aliphatic carbocycles. The molecule has 15 heteroatoms. The number of ether oxygens (including phenoxy) is 5. The highest BCUT2D eigenvalue weighted by atomic mass is 16.6. The van der Waals surface area contributed by atoms with Crippen LogP contribution in [0.1, 0.15) is 98.2 Å². The van der Waals surface area contributed by atoms with Gasteiger partial charge >= 0.3 is 23.9 Å². The SMILES string of the molecule is CC(=O)O[C@H]1C(=O)[C@@]2(C)[C@@H]3[C@H](OC(=O)c4ccccc4)[C@]4(O)C[C@H](OC(=O)[C@H](O)[C@@H](NC(=O)c5ccccc5)c5ccccc5CCCC(=O)O[C@]35CO[C@@H]5C[C@@H]2O)C(C)=C1C4(C)C. The molecule has 2 heterocycles. The number of aliphatic hydroxyl groups excluding tert-OH is 2. The van der Waals surface area contributed by atoms with E-state index >= 15 is 4.79 Å². The average molecular weight is 880 g/mol. The molecule has 2 aliphatic heterocycles. The van der Waals surface area contributed by atoms with Crippen LogP contribution in [-0.4, -0.2) is 105 Å². The lowest BCUT2D eigenvalue weighted by atomic mass is 9.44. The van der Waals surface area contributed by atoms with E-state index in [0.29, 0.717) is 11.1 Å². The van der Waals surface area contributed by atoms with E-state index < -0.39 is 113 Å². The monoisotopic (exact) mass is 879 g/mol. The summed E-state index contributed by atoms with van der Waals surface area (Å²) in [6.45, 7) is 6.92. The summed E-state index contributed by atoms with van der Waals surface area (Å²) in [5, 5.41) is 40.9. The number of carbonyl (C=O) groups is 6. The first-order chi connectivity index (χ1) is 30.3. The molecule has 0 aromatic heterocycles. The lowest BCUT2D eigenvalue weighted by molar-refractivity contribution is -0.346. The first kappa shape index (κ1) is 44.9. The van der Waals surface area contributed by atoms with E-state index in [2.05, 4.69) is 5.32 Å². The van der Waals surface area contributed by atoms with Gasteiger partial charge in [0.1, 0.15) is 23.9 Å². The Balaban J connectivity index is 1.36. The number of ketones is 1. The summed E-state index contributed by atoms with van der Waals surface area (Å²) in [6, 6.07) is 21.5. The van der Waals surface area contributed by atoms with Gasteiger partial charge in [-0.1, -0.05) is 74.5 Å². The number of amides is 1. The molecule has 4 N–H and O–H groups in total. The number of fused-ring (bicyclic) bond motifs is 3. The lowest BCUT2D eigenvalue weighted by Gasteiger charge is -2.67. The molecule has 3 aromatic rings. The van der Waals surface area contributed by atoms with Gasteiger partial charge in [0.05, 0.1) is 35.6 Å². The van der Waals surface area contributed by atoms with E-state index in [0.717, 1.165) is 6.92 Å². The Kier molecular flexibility index (Phi) is 11.7. The van der Waals surface area contributed by atoms with Crippen LogP contribution in [0.15, 0.2) is 96.1 Å². The second-order valence-corrected chi connectivity index (χ2v) is 18.4. The predicted molar refractivity (Wildman–Crippen MR) is 225 cm³/mol. The van der Waals surface area contributed by atoms with Crippen molar-refractivity contribution in [1.29, 1.82) is 0 Å². The van der Waals surface area contributed by atoms with Crippen molar-refractivity contribution in [2.45, 2.75) is 121 Å². The third kappa shape index (κ3) is 7.22. The average Bonchev–Trinajstić information content (AvgIpc) is 3.26. The Hall–Kier alpha value is -5.74. The van der Waals surface area contributed by atoms with Gasteiger partial charge in [-0.2, -0.15) is 0 Å². The molecule has 64 heavy (non-hydrogen) atoms. The molecule has 4 bridgehead atoms. The summed E-state index contributed by atoms with van der Waals surface area (Å²) >= 11 is 0. The first-order valence-corrected chi connectivity index (χ1v) is 21.6. The molecule has 3 fully saturated rings. The molecular weight excluding hydrogens is 827 g/mol. The summed E-state index contributed by atoms with van der Waals surface area (Å²) in [7, 11) is 0. The third-order valence-corrected chi connectivity index (χ3v) is 14.5. The number of aliphatic hydroxyl groups is 3. The summed E-state index contributed by atoms with van der Waals surface area (Å²) in [5.74, 6) is -6.73. The second kappa shape index (κ2) is 16.7. The van der Waals surface area contributed by atoms with E-state index in [4.69, 9.17) is 23.7 Å². The van der Waals surface area contributed by atoms with Crippen LogP contribution >= 0.6 is 0 Å². The lowest BCUT2D eigenvalue weighted by Crippen LogP contribution is -2.82. The number of nitrogens with one attached hydrogen (secondary N) is 1. The van der Waals surface area contributed by atoms with E-state index in [1.165, 1.54) is 19.1 Å². The zero-order chi connectivity index (χ0) is 45.9. The number of hydrogen-bond acceptors (Lipinski definition) is 14. The number of benzene rings is 3. The number of hydrogen-bond donors (Lipinski definition) is 4. The molecule has 8 rings (SSSR count). The molecule has 15 nitrogen and oxygen atoms in total. The van der Waals surface area contributed by atoms with Gasteiger partial charge in [-0.3, -0.25) is 19.2 Å². The first-order valence-electron chi connectivity index (χ1n) is 21.6. The minimum Gasteiger partial charge on any atom is -0.456 e. The topological polar surface area (TPSA) is 221 Å². The maximum atomic E-state index is 15.6. The summed E-state index contributed by atoms with van der Waals surface area (Å²) in [5.41, 5.74) is -6.39. The van der Waals surface area contributed by atoms with Gasteiger partial charge < -0.3 is 44.3 Å². The van der Waals surface area contributed by atoms with Crippen molar-refractivity contribution in [3.63, 3.8) is 0 Å². The normalized spacial score (nSPS) is 34.6. The van der Waals surface area contributed by atoms with E-state index in [9.17, 15) is 39.3 Å². The molecule has 5 aliphatic rings. The van der Waals surface area contributed by atoms with Crippen molar-refractivity contribution in [2.24, 2.45) is 16.7 Å². The number of Topliss-reactive ketones (excluding diaryl/α,β-unsaturated/α-hetero) is 1. The van der Waals surface area contributed by atoms with E-state index in [-0.39, 0.29) is 54.6 Å². The minimum absolute atomic E-state index is 0.0107. The fourth-order valence-corrected chi connectivity index (χ4v) is 11.0. The van der Waals surface area contributed by atoms with Gasteiger partial charge in [-0.25, -0.2) is 9.59 Å². The van der Waals surface area contributed by atoms with Crippen LogP contribution in [-0.2, 0) is 49.3 Å². The van der Waals surface area contributed by atoms with Crippen LogP contribution in [0.3, 0.4) is 0 Å². The molecule has 0 unspecified atom stereocenters. The highest BCUT2D eigenvalue weighted by molar-refractivity contribution is 5.96. The van der Waals surface area contributed by atoms with Crippen LogP contribution in [0.5, 0.6) is 0 Å². The van der Waals surface area contributed by atoms with Crippen molar-refractivity contribution in [1.82, 2.24) is 5.32 Å². The number of rotatable bonds is 5. The summed E-state index contributed by atoms with van der Waals surface area (Å²) < 4.78 is 31.1. The quantitative estimate of drug-likeness (QED) is 0.161. The zero-order valence-corrected chi connectivity index (χ0v) is 36.3. The summed E-state index contributed by atoms with van der Waals surface area (Å²) in [4.78, 5) is 85.7. The van der Waals surface area contributed by atoms with Crippen LogP contribution in [0.4, 0.5) is 0 Å². The Morgan fingerprint density at radius 2 is 1.48 bits per heavy atom. The smallest absolute Gasteiger partial charge is 0.338 e. The van der Waals surface area contributed by atoms with Crippen molar-refractivity contribution < 1.29 is 67.8 Å². The van der Waals surface area contributed by atoms with Crippen molar-refractivity contribution >= 4 is 35.6 Å². The fourth-order valence-electron chi connectivity index (χ4n) is 11.0. The Labute approximate surface area is 370 Å². The van der Waals surface area contributed by atoms with Crippen molar-refractivity contribution in [3.05, 3.63) is 118 Å². The van der Waals surface area contributed by atoms with Gasteiger partial charge in [-0.15, -0.1) is 0 Å². The maximum Gasteiger partial charge on any atom is 0.338 e. The molecule has 11 atom stereocenters. The Morgan fingerprint density at radius 3 is 2.12 bits per heavy atom. The van der Waals surface area contributed by atoms with Crippen LogP contribution < -0.4 is 5.32 Å². The fraction of sp³-hybridized carbons (Fsp3) is 0.469. The molecule has 1 spiro atoms. The molecular formula is C49H53NO14. The molecule has 338 valence electrons. The summed E-state index contributed by atoms with van der Waals surface area (Å²) in [6.07, 6.45) is -10.3. The molecule has 3 aromatic carbocycles. The largest absolute Gasteiger partial charge is 0.456 e. The van der Waals surface area contributed by atoms with Gasteiger partial charge in [0.15, 0.2) is 23.6 Å². The third-order valence-electron chi connectivity index (χ3n) is 14.5. The number of aryl methyl sites for hydroxylation is 1. The maximum absolute atomic E-state index is 15.6. The van der Waals surface area contributed by atoms with Gasteiger partial charge in [0.2, 0.25) is 0 Å². The highest BCUT2D eigenvalue weighted by Crippen LogP contribution is 2.64. The highest BCUT2D eigenvalue weighted by Gasteiger charge is 2.78. The van der Waals surface area contributed by atoms with Crippen LogP contribution in [0.25, 0.3) is 0 Å². The Bertz CT molecular complexity index is 2400. The second-order valence-electron chi connectivity index (χ2n) is 18.4. The van der Waals surface area contributed by atoms with Crippen LogP contribution in [0, 0.1) is 16.7 Å². The Morgan fingerprint density at radius 1 is 0.844 bits per heavy atom. The van der Waals surface area contributed by atoms with Gasteiger partial charge in [0.25, 0.3) is 5.91 Å². The van der Waals surface area contributed by atoms with Crippen molar-refractivity contribution in [3.8, 4) is 0 Å². The van der Waals surface area contributed by atoms with Gasteiger partial charge in [-0.05, 0) is 73.2 Å². The predicted octanol–water partition coefficient (Wildman–Crippen LogP) is 4.05. The number of carbonyl (C=O) groups excluding carboxylic acids is 6. The molecule has 1 saturated heterocycles. The minimum atomic E-state index is -2.38. The van der Waals surface area contributed by atoms with Crippen LogP contribution in [0.2, 0.25) is 0 Å². The zero-order valence-electron chi connectivity index (χ0n) is 36.3. The van der Waals surface area contributed by atoms with E-state index in [1.807, 2.05) is 0 Å². The number of esters is 4. The molecule has 1 amide bonds. The standard InChI is InChI=1S/C49H53NO14/c1-26-32-24-49(59)42(63-44(57)30-18-10-7-11-19-30)40-47(5,41(55)39(61-27(2)51)36(26)46(49,3)4)33(52)23-34-48(40,25-60-34)64-35(53)22-14-20-28-15-12-13-21-31(28)37(38(54)45(58)62-32)50-43(56)29-16-8-6-9-17-29/h6-13,15-19,21,32-34,37-40,42,52,54,59H,14,20,22-25H2,1-5H3,(H,50,56)/t32-,33-,34+,37-,38+,39+,40-,42-,47+,48-,49+/m0/s1.